The van der Waals surface area contributed by atoms with E-state index in [2.05, 4.69) is 74.7 Å². The summed E-state index contributed by atoms with van der Waals surface area (Å²) in [6, 6.07) is 22.9. The Morgan fingerprint density at radius 3 is 1.90 bits per heavy atom. The van der Waals surface area contributed by atoms with E-state index in [1.807, 2.05) is 12.1 Å². The summed E-state index contributed by atoms with van der Waals surface area (Å²) >= 11 is 0. The summed E-state index contributed by atoms with van der Waals surface area (Å²) in [5.41, 5.74) is 1.34. The number of benzene rings is 1. The molecule has 3 aromatic rings. The van der Waals surface area contributed by atoms with Gasteiger partial charge in [-0.05, 0) is 0 Å². The standard InChI is InChI=1S/C9H7.C6H7.C2H4.2ClH.Ti/c1-2-5-9-7-3-6-8(9)4-1;1-6-4-2-3-5-6;1-2;;;/h1-7H;2-5H,1H3;1-2H2;2*1H;/q2*-1;;;;+4/p-2. The van der Waals surface area contributed by atoms with E-state index < -0.39 is 0 Å². The summed E-state index contributed by atoms with van der Waals surface area (Å²) in [7, 11) is 0. The van der Waals surface area contributed by atoms with Gasteiger partial charge in [0, 0.05) is 0 Å². The molecule has 0 aliphatic rings. The van der Waals surface area contributed by atoms with Gasteiger partial charge in [0.05, 0.1) is 0 Å². The van der Waals surface area contributed by atoms with E-state index in [1.165, 1.54) is 16.3 Å². The van der Waals surface area contributed by atoms with Crippen LogP contribution in [0.25, 0.3) is 10.8 Å². The van der Waals surface area contributed by atoms with Gasteiger partial charge in [-0.15, -0.1) is 42.8 Å². The maximum atomic E-state index is 3.00. The minimum Gasteiger partial charge on any atom is -1.00 e. The molecule has 3 rings (SSSR count). The number of halogens is 2. The van der Waals surface area contributed by atoms with Crippen LogP contribution in [0.15, 0.2) is 79.9 Å². The molecule has 0 aliphatic carbocycles. The third-order valence-corrected chi connectivity index (χ3v) is 2.38. The van der Waals surface area contributed by atoms with Gasteiger partial charge in [-0.3, -0.25) is 0 Å². The number of rotatable bonds is 0. The Bertz CT molecular complexity index is 496. The first-order valence-corrected chi connectivity index (χ1v) is 5.65. The summed E-state index contributed by atoms with van der Waals surface area (Å²) in [4.78, 5) is 0. The van der Waals surface area contributed by atoms with Gasteiger partial charge in [0.15, 0.2) is 0 Å². The Hall–Kier alpha value is -0.786. The molecule has 0 unspecified atom stereocenters. The van der Waals surface area contributed by atoms with Crippen LogP contribution in [-0.2, 0) is 21.7 Å². The first-order valence-electron chi connectivity index (χ1n) is 5.65. The normalized spacial score (nSPS) is 7.45. The average Bonchev–Trinajstić information content (AvgIpc) is 3.02. The second-order valence-corrected chi connectivity index (χ2v) is 3.62. The molecule has 0 amide bonds. The largest absolute Gasteiger partial charge is 4.00 e. The average molecular weight is 341 g/mol. The van der Waals surface area contributed by atoms with Crippen molar-refractivity contribution in [2.45, 2.75) is 6.92 Å². The first kappa shape index (κ1) is 24.2. The smallest absolute Gasteiger partial charge is 1.00 e. The second-order valence-electron chi connectivity index (χ2n) is 3.62. The SMILES string of the molecule is C=C.C[c-]1cccc1.[Cl-].[Cl-].[Ti+4].c1ccc2[cH-]ccc2c1. The van der Waals surface area contributed by atoms with Crippen LogP contribution in [0.1, 0.15) is 5.56 Å². The molecule has 0 fully saturated rings. The van der Waals surface area contributed by atoms with Crippen molar-refractivity contribution >= 4 is 10.8 Å². The van der Waals surface area contributed by atoms with Gasteiger partial charge in [-0.2, -0.15) is 35.2 Å². The zero-order valence-electron chi connectivity index (χ0n) is 11.5. The first-order chi connectivity index (χ1) is 8.36. The van der Waals surface area contributed by atoms with Crippen molar-refractivity contribution in [1.29, 1.82) is 0 Å². The molecule has 0 atom stereocenters. The maximum absolute atomic E-state index is 3.00. The number of hydrogen-bond donors (Lipinski definition) is 0. The zero-order chi connectivity index (χ0) is 12.5. The van der Waals surface area contributed by atoms with E-state index in [4.69, 9.17) is 0 Å². The molecule has 0 radical (unpaired) electrons. The third kappa shape index (κ3) is 8.40. The van der Waals surface area contributed by atoms with E-state index >= 15 is 0 Å². The van der Waals surface area contributed by atoms with Crippen LogP contribution in [0.2, 0.25) is 0 Å². The van der Waals surface area contributed by atoms with Gasteiger partial charge in [-0.1, -0.05) is 13.0 Å². The van der Waals surface area contributed by atoms with E-state index in [0.29, 0.717) is 0 Å². The van der Waals surface area contributed by atoms with Gasteiger partial charge < -0.3 is 24.8 Å². The van der Waals surface area contributed by atoms with Crippen molar-refractivity contribution < 1.29 is 46.5 Å². The van der Waals surface area contributed by atoms with Crippen molar-refractivity contribution in [2.75, 3.05) is 0 Å². The number of hydrogen-bond acceptors (Lipinski definition) is 0. The Labute approximate surface area is 149 Å². The molecule has 0 aliphatic heterocycles. The topological polar surface area (TPSA) is 0 Å². The molecule has 3 aromatic carbocycles. The van der Waals surface area contributed by atoms with Gasteiger partial charge in [0.25, 0.3) is 0 Å². The molecule has 0 aromatic heterocycles. The van der Waals surface area contributed by atoms with Crippen LogP contribution < -0.4 is 24.8 Å². The van der Waals surface area contributed by atoms with Crippen LogP contribution in [-0.4, -0.2) is 0 Å². The van der Waals surface area contributed by atoms with Crippen LogP contribution in [0.4, 0.5) is 0 Å². The molecule has 0 spiro atoms. The van der Waals surface area contributed by atoms with Gasteiger partial charge in [-0.25, -0.2) is 12.1 Å². The van der Waals surface area contributed by atoms with Crippen molar-refractivity contribution in [2.24, 2.45) is 0 Å². The molecule has 0 bridgehead atoms. The maximum Gasteiger partial charge on any atom is 4.00 e. The van der Waals surface area contributed by atoms with E-state index in [1.54, 1.807) is 0 Å². The van der Waals surface area contributed by atoms with Crippen LogP contribution in [0, 0.1) is 6.92 Å². The fourth-order valence-corrected chi connectivity index (χ4v) is 1.54. The van der Waals surface area contributed by atoms with E-state index in [0.717, 1.165) is 0 Å². The van der Waals surface area contributed by atoms with Crippen molar-refractivity contribution in [3.8, 4) is 0 Å². The van der Waals surface area contributed by atoms with E-state index in [9.17, 15) is 0 Å². The summed E-state index contributed by atoms with van der Waals surface area (Å²) in [5.74, 6) is 0. The molecule has 0 saturated carbocycles. The molecule has 0 N–H and O–H groups in total. The van der Waals surface area contributed by atoms with Crippen LogP contribution in [0.3, 0.4) is 0 Å². The quantitative estimate of drug-likeness (QED) is 0.282. The number of fused-ring (bicyclic) bond motifs is 1. The van der Waals surface area contributed by atoms with Gasteiger partial charge in [0.1, 0.15) is 0 Å². The minimum absolute atomic E-state index is 0. The molecular weight excluding hydrogens is 323 g/mol. The monoisotopic (exact) mass is 340 g/mol. The van der Waals surface area contributed by atoms with Gasteiger partial charge in [0.2, 0.25) is 0 Å². The summed E-state index contributed by atoms with van der Waals surface area (Å²) in [6.07, 6.45) is 0. The molecule has 0 nitrogen and oxygen atoms in total. The fraction of sp³-hybridized carbons (Fsp3) is 0.0588. The molecule has 0 heterocycles. The van der Waals surface area contributed by atoms with Crippen molar-refractivity contribution in [3.63, 3.8) is 0 Å². The summed E-state index contributed by atoms with van der Waals surface area (Å²) in [5, 5.41) is 2.66. The fourth-order valence-electron chi connectivity index (χ4n) is 1.54. The summed E-state index contributed by atoms with van der Waals surface area (Å²) in [6.45, 7) is 8.08. The summed E-state index contributed by atoms with van der Waals surface area (Å²) < 4.78 is 0. The van der Waals surface area contributed by atoms with Crippen LogP contribution >= 0.6 is 0 Å². The molecule has 20 heavy (non-hydrogen) atoms. The van der Waals surface area contributed by atoms with Gasteiger partial charge >= 0.3 is 21.7 Å². The van der Waals surface area contributed by atoms with E-state index in [-0.39, 0.29) is 46.5 Å². The van der Waals surface area contributed by atoms with Crippen molar-refractivity contribution in [3.05, 3.63) is 85.5 Å². The van der Waals surface area contributed by atoms with Crippen molar-refractivity contribution in [1.82, 2.24) is 0 Å². The molecular formula is C17H18Cl2Ti. The Balaban J connectivity index is -0.000000237. The third-order valence-electron chi connectivity index (χ3n) is 2.38. The predicted molar refractivity (Wildman–Crippen MR) is 77.6 cm³/mol. The Kier molecular flexibility index (Phi) is 17.7. The molecule has 3 heteroatoms. The zero-order valence-corrected chi connectivity index (χ0v) is 14.6. The minimum atomic E-state index is 0. The molecule has 104 valence electrons. The predicted octanol–water partition coefficient (Wildman–Crippen LogP) is -0.920. The molecule has 0 saturated heterocycles. The second kappa shape index (κ2) is 14.6. The Morgan fingerprint density at radius 2 is 1.45 bits per heavy atom. The Morgan fingerprint density at radius 1 is 0.900 bits per heavy atom. The van der Waals surface area contributed by atoms with Crippen LogP contribution in [0.5, 0.6) is 0 Å². The number of aryl methyl sites for hydroxylation is 1.